The van der Waals surface area contributed by atoms with Crippen LogP contribution in [0.2, 0.25) is 0 Å². The van der Waals surface area contributed by atoms with Crippen molar-refractivity contribution >= 4 is 10.2 Å². The van der Waals surface area contributed by atoms with Crippen LogP contribution in [0.3, 0.4) is 0 Å². The third-order valence-electron chi connectivity index (χ3n) is 5.07. The molecule has 0 amide bonds. The number of fused-ring (bicyclic) bond motifs is 1. The van der Waals surface area contributed by atoms with E-state index in [1.165, 1.54) is 0 Å². The fourth-order valence-electron chi connectivity index (χ4n) is 3.85. The Hall–Kier alpha value is -0.170. The summed E-state index contributed by atoms with van der Waals surface area (Å²) in [5.41, 5.74) is 0. The lowest BCUT2D eigenvalue weighted by Gasteiger charge is -2.30. The van der Waals surface area contributed by atoms with Gasteiger partial charge in [0.15, 0.2) is 0 Å². The molecule has 3 saturated heterocycles. The van der Waals surface area contributed by atoms with E-state index in [0.717, 1.165) is 38.8 Å². The summed E-state index contributed by atoms with van der Waals surface area (Å²) in [5.74, 6) is 1.01. The maximum Gasteiger partial charge on any atom is 0.282 e. The zero-order chi connectivity index (χ0) is 13.5. The number of rotatable bonds is 2. The Kier molecular flexibility index (Phi) is 3.86. The maximum atomic E-state index is 12.8. The lowest BCUT2D eigenvalue weighted by molar-refractivity contribution is 0.314. The van der Waals surface area contributed by atoms with E-state index in [4.69, 9.17) is 0 Å². The highest BCUT2D eigenvalue weighted by molar-refractivity contribution is 7.86. The summed E-state index contributed by atoms with van der Waals surface area (Å²) >= 11 is 0. The fraction of sp³-hybridized carbons (Fsp3) is 1.00. The largest absolute Gasteiger partial charge is 0.316 e. The van der Waals surface area contributed by atoms with Crippen LogP contribution < -0.4 is 5.32 Å². The van der Waals surface area contributed by atoms with Crippen molar-refractivity contribution < 1.29 is 8.42 Å². The average molecular weight is 287 g/mol. The quantitative estimate of drug-likeness (QED) is 0.811. The predicted octanol–water partition coefficient (Wildman–Crippen LogP) is 0.647. The molecule has 0 aliphatic carbocycles. The van der Waals surface area contributed by atoms with E-state index in [1.807, 2.05) is 0 Å². The summed E-state index contributed by atoms with van der Waals surface area (Å²) in [7, 11) is -3.24. The fourth-order valence-corrected chi connectivity index (χ4v) is 5.83. The molecule has 1 N–H and O–H groups in total. The smallest absolute Gasteiger partial charge is 0.282 e. The molecule has 3 unspecified atom stereocenters. The SMILES string of the molecule is CC1C2CNCC2CN1S(=O)(=O)N1CCCCCC1. The van der Waals surface area contributed by atoms with Crippen LogP contribution in [0.1, 0.15) is 32.6 Å². The second-order valence-electron chi connectivity index (χ2n) is 6.21. The Bertz CT molecular complexity index is 418. The third-order valence-corrected chi connectivity index (χ3v) is 7.16. The maximum absolute atomic E-state index is 12.8. The van der Waals surface area contributed by atoms with Crippen LogP contribution in [0.15, 0.2) is 0 Å². The number of hydrogen-bond acceptors (Lipinski definition) is 3. The molecule has 0 aromatic carbocycles. The van der Waals surface area contributed by atoms with E-state index in [-0.39, 0.29) is 6.04 Å². The van der Waals surface area contributed by atoms with Crippen LogP contribution in [0.25, 0.3) is 0 Å². The zero-order valence-electron chi connectivity index (χ0n) is 11.7. The van der Waals surface area contributed by atoms with E-state index in [0.29, 0.717) is 31.5 Å². The van der Waals surface area contributed by atoms with Crippen LogP contribution in [-0.4, -0.2) is 55.8 Å². The van der Waals surface area contributed by atoms with E-state index in [2.05, 4.69) is 12.2 Å². The van der Waals surface area contributed by atoms with Crippen molar-refractivity contribution in [1.29, 1.82) is 0 Å². The van der Waals surface area contributed by atoms with Crippen LogP contribution in [0, 0.1) is 11.8 Å². The van der Waals surface area contributed by atoms with E-state index in [9.17, 15) is 8.42 Å². The van der Waals surface area contributed by atoms with Crippen LogP contribution >= 0.6 is 0 Å². The molecule has 110 valence electrons. The zero-order valence-corrected chi connectivity index (χ0v) is 12.5. The van der Waals surface area contributed by atoms with Gasteiger partial charge in [0.05, 0.1) is 0 Å². The standard InChI is InChI=1S/C13H25N3O2S/c1-11-13-9-14-8-12(13)10-16(11)19(17,18)15-6-4-2-3-5-7-15/h11-14H,2-10H2,1H3. The van der Waals surface area contributed by atoms with Gasteiger partial charge in [-0.1, -0.05) is 12.8 Å². The molecular weight excluding hydrogens is 262 g/mol. The molecule has 0 aromatic heterocycles. The number of hydrogen-bond donors (Lipinski definition) is 1. The highest BCUT2D eigenvalue weighted by Crippen LogP contribution is 2.35. The van der Waals surface area contributed by atoms with Crippen LogP contribution in [-0.2, 0) is 10.2 Å². The van der Waals surface area contributed by atoms with Crippen LogP contribution in [0.5, 0.6) is 0 Å². The van der Waals surface area contributed by atoms with E-state index >= 15 is 0 Å². The predicted molar refractivity (Wildman–Crippen MR) is 75.0 cm³/mol. The molecule has 3 atom stereocenters. The second kappa shape index (κ2) is 5.31. The van der Waals surface area contributed by atoms with Gasteiger partial charge in [0, 0.05) is 25.7 Å². The molecule has 3 heterocycles. The summed E-state index contributed by atoms with van der Waals surface area (Å²) in [4.78, 5) is 0. The minimum Gasteiger partial charge on any atom is -0.316 e. The molecule has 6 heteroatoms. The molecule has 0 saturated carbocycles. The molecule has 3 rings (SSSR count). The summed E-state index contributed by atoms with van der Waals surface area (Å²) in [6.45, 7) is 6.14. The minimum atomic E-state index is -3.24. The first-order chi connectivity index (χ1) is 9.10. The summed E-state index contributed by atoms with van der Waals surface area (Å²) in [6.07, 6.45) is 4.35. The molecule has 19 heavy (non-hydrogen) atoms. The van der Waals surface area contributed by atoms with Gasteiger partial charge >= 0.3 is 0 Å². The molecule has 0 aromatic rings. The number of nitrogens with zero attached hydrogens (tertiary/aromatic N) is 2. The monoisotopic (exact) mass is 287 g/mol. The molecular formula is C13H25N3O2S. The van der Waals surface area contributed by atoms with Gasteiger partial charge < -0.3 is 5.32 Å². The van der Waals surface area contributed by atoms with Gasteiger partial charge in [0.2, 0.25) is 0 Å². The van der Waals surface area contributed by atoms with Crippen molar-refractivity contribution in [2.75, 3.05) is 32.7 Å². The molecule has 0 radical (unpaired) electrons. The molecule has 3 aliphatic heterocycles. The van der Waals surface area contributed by atoms with Gasteiger partial charge in [-0.25, -0.2) is 0 Å². The number of nitrogens with one attached hydrogen (secondary N) is 1. The highest BCUT2D eigenvalue weighted by atomic mass is 32.2. The van der Waals surface area contributed by atoms with E-state index < -0.39 is 10.2 Å². The van der Waals surface area contributed by atoms with E-state index in [1.54, 1.807) is 8.61 Å². The van der Waals surface area contributed by atoms with Gasteiger partial charge in [-0.2, -0.15) is 17.0 Å². The van der Waals surface area contributed by atoms with Gasteiger partial charge in [-0.05, 0) is 44.7 Å². The topological polar surface area (TPSA) is 52.7 Å². The summed E-state index contributed by atoms with van der Waals surface area (Å²) in [6, 6.07) is 0.147. The third kappa shape index (κ3) is 2.44. The Morgan fingerprint density at radius 1 is 1.05 bits per heavy atom. The van der Waals surface area contributed by atoms with Gasteiger partial charge in [-0.3, -0.25) is 0 Å². The summed E-state index contributed by atoms with van der Waals surface area (Å²) in [5, 5.41) is 3.38. The Balaban J connectivity index is 1.76. The molecule has 0 bridgehead atoms. The Morgan fingerprint density at radius 3 is 2.37 bits per heavy atom. The summed E-state index contributed by atoms with van der Waals surface area (Å²) < 4.78 is 29.1. The van der Waals surface area contributed by atoms with Gasteiger partial charge in [0.1, 0.15) is 0 Å². The Labute approximate surface area is 116 Å². The van der Waals surface area contributed by atoms with Gasteiger partial charge in [0.25, 0.3) is 10.2 Å². The Morgan fingerprint density at radius 2 is 1.74 bits per heavy atom. The van der Waals surface area contributed by atoms with Crippen molar-refractivity contribution in [3.8, 4) is 0 Å². The first kappa shape index (κ1) is 13.8. The van der Waals surface area contributed by atoms with Crippen molar-refractivity contribution in [3.05, 3.63) is 0 Å². The second-order valence-corrected chi connectivity index (χ2v) is 8.09. The first-order valence-corrected chi connectivity index (χ1v) is 8.98. The van der Waals surface area contributed by atoms with Crippen molar-refractivity contribution in [3.63, 3.8) is 0 Å². The minimum absolute atomic E-state index is 0.147. The first-order valence-electron chi connectivity index (χ1n) is 7.58. The van der Waals surface area contributed by atoms with Gasteiger partial charge in [-0.15, -0.1) is 0 Å². The van der Waals surface area contributed by atoms with Crippen molar-refractivity contribution in [2.24, 2.45) is 11.8 Å². The molecule has 3 aliphatic rings. The molecule has 0 spiro atoms. The highest BCUT2D eigenvalue weighted by Gasteiger charge is 2.47. The van der Waals surface area contributed by atoms with Crippen LogP contribution in [0.4, 0.5) is 0 Å². The average Bonchev–Trinajstić information content (AvgIpc) is 2.82. The lowest BCUT2D eigenvalue weighted by atomic mass is 9.95. The molecule has 3 fully saturated rings. The molecule has 5 nitrogen and oxygen atoms in total. The van der Waals surface area contributed by atoms with Crippen molar-refractivity contribution in [1.82, 2.24) is 13.9 Å². The normalized spacial score (nSPS) is 38.3. The lowest BCUT2D eigenvalue weighted by Crippen LogP contribution is -2.47. The van der Waals surface area contributed by atoms with Crippen molar-refractivity contribution in [2.45, 2.75) is 38.6 Å².